The first-order chi connectivity index (χ1) is 17.9. The van der Waals surface area contributed by atoms with Crippen molar-refractivity contribution in [2.75, 3.05) is 12.3 Å². The van der Waals surface area contributed by atoms with Gasteiger partial charge in [0.1, 0.15) is 11.9 Å². The summed E-state index contributed by atoms with van der Waals surface area (Å²) in [5.74, 6) is -0.225. The van der Waals surface area contributed by atoms with E-state index in [9.17, 15) is 24.1 Å². The van der Waals surface area contributed by atoms with Gasteiger partial charge in [0.05, 0.1) is 10.7 Å². The van der Waals surface area contributed by atoms with Gasteiger partial charge in [-0.2, -0.15) is 0 Å². The van der Waals surface area contributed by atoms with Gasteiger partial charge in [0, 0.05) is 37.4 Å². The molecule has 0 unspecified atom stereocenters. The van der Waals surface area contributed by atoms with Crippen molar-refractivity contribution in [3.63, 3.8) is 0 Å². The molecule has 3 rings (SSSR count). The Bertz CT molecular complexity index is 1170. The second-order valence-corrected chi connectivity index (χ2v) is 9.55. The number of hydrogen-bond acceptors (Lipinski definition) is 5. The van der Waals surface area contributed by atoms with Crippen molar-refractivity contribution in [2.24, 2.45) is 0 Å². The van der Waals surface area contributed by atoms with E-state index >= 15 is 0 Å². The topological polar surface area (TPSA) is 92.6 Å². The molecule has 194 valence electrons. The van der Waals surface area contributed by atoms with Crippen molar-refractivity contribution in [3.8, 4) is 0 Å². The summed E-state index contributed by atoms with van der Waals surface area (Å²) < 4.78 is 13.5. The minimum absolute atomic E-state index is 0.0112. The number of halogens is 1. The van der Waals surface area contributed by atoms with Crippen LogP contribution in [0.4, 0.5) is 10.1 Å². The summed E-state index contributed by atoms with van der Waals surface area (Å²) in [5, 5.41) is 13.8. The molecule has 0 fully saturated rings. The average molecular weight is 524 g/mol. The maximum Gasteiger partial charge on any atom is 0.269 e. The Labute approximate surface area is 220 Å². The van der Waals surface area contributed by atoms with Gasteiger partial charge in [-0.3, -0.25) is 19.7 Å². The van der Waals surface area contributed by atoms with Crippen LogP contribution in [0.15, 0.2) is 78.9 Å². The normalized spacial score (nSPS) is 11.5. The number of thioether (sulfide) groups is 1. The maximum absolute atomic E-state index is 13.5. The highest BCUT2D eigenvalue weighted by Gasteiger charge is 2.30. The van der Waals surface area contributed by atoms with Crippen LogP contribution >= 0.6 is 11.8 Å². The van der Waals surface area contributed by atoms with Gasteiger partial charge in [0.15, 0.2) is 0 Å². The molecule has 7 nitrogen and oxygen atoms in total. The predicted octanol–water partition coefficient (Wildman–Crippen LogP) is 5.13. The highest BCUT2D eigenvalue weighted by atomic mass is 32.2. The molecule has 0 spiro atoms. The van der Waals surface area contributed by atoms with Gasteiger partial charge in [-0.1, -0.05) is 61.5 Å². The monoisotopic (exact) mass is 523 g/mol. The molecule has 0 radical (unpaired) electrons. The molecule has 0 aliphatic rings. The van der Waals surface area contributed by atoms with E-state index in [1.54, 1.807) is 29.2 Å². The highest BCUT2D eigenvalue weighted by molar-refractivity contribution is 7.99. The molecule has 0 aliphatic carbocycles. The van der Waals surface area contributed by atoms with Crippen LogP contribution in [0.3, 0.4) is 0 Å². The quantitative estimate of drug-likeness (QED) is 0.248. The first kappa shape index (κ1) is 27.9. The summed E-state index contributed by atoms with van der Waals surface area (Å²) in [5.41, 5.74) is 2.51. The highest BCUT2D eigenvalue weighted by Crippen LogP contribution is 2.20. The number of amides is 2. The number of hydrogen-bond donors (Lipinski definition) is 1. The van der Waals surface area contributed by atoms with Gasteiger partial charge >= 0.3 is 0 Å². The number of nitro groups is 1. The largest absolute Gasteiger partial charge is 0.354 e. The Morgan fingerprint density at radius 3 is 2.24 bits per heavy atom. The van der Waals surface area contributed by atoms with Crippen molar-refractivity contribution >= 4 is 29.3 Å². The average Bonchev–Trinajstić information content (AvgIpc) is 2.91. The number of rotatable bonds is 13. The van der Waals surface area contributed by atoms with E-state index in [0.29, 0.717) is 18.7 Å². The molecule has 9 heteroatoms. The lowest BCUT2D eigenvalue weighted by Crippen LogP contribution is -2.51. The summed E-state index contributed by atoms with van der Waals surface area (Å²) in [6, 6.07) is 20.9. The molecule has 0 aromatic heterocycles. The summed E-state index contributed by atoms with van der Waals surface area (Å²) in [7, 11) is 0. The van der Waals surface area contributed by atoms with Crippen LogP contribution in [-0.2, 0) is 28.3 Å². The Kier molecular flexibility index (Phi) is 10.6. The van der Waals surface area contributed by atoms with E-state index in [4.69, 9.17) is 0 Å². The maximum atomic E-state index is 13.5. The molecular weight excluding hydrogens is 493 g/mol. The van der Waals surface area contributed by atoms with Crippen LogP contribution < -0.4 is 5.32 Å². The van der Waals surface area contributed by atoms with Crippen molar-refractivity contribution in [3.05, 3.63) is 111 Å². The van der Waals surface area contributed by atoms with Crippen LogP contribution in [0.5, 0.6) is 0 Å². The fraction of sp³-hybridized carbons (Fsp3) is 0.286. The number of nitrogens with one attached hydrogen (secondary N) is 1. The van der Waals surface area contributed by atoms with Crippen LogP contribution in [0.1, 0.15) is 30.0 Å². The lowest BCUT2D eigenvalue weighted by Gasteiger charge is -2.31. The van der Waals surface area contributed by atoms with Gasteiger partial charge in [-0.05, 0) is 35.2 Å². The number of carbonyl (C=O) groups excluding carboxylic acids is 2. The Balaban J connectivity index is 1.80. The summed E-state index contributed by atoms with van der Waals surface area (Å²) in [6.07, 6.45) is 1.11. The zero-order chi connectivity index (χ0) is 26.6. The van der Waals surface area contributed by atoms with E-state index in [-0.39, 0.29) is 35.6 Å². The van der Waals surface area contributed by atoms with Crippen molar-refractivity contribution in [1.82, 2.24) is 10.2 Å². The zero-order valence-corrected chi connectivity index (χ0v) is 21.5. The minimum atomic E-state index is -0.744. The smallest absolute Gasteiger partial charge is 0.269 e. The van der Waals surface area contributed by atoms with Crippen molar-refractivity contribution < 1.29 is 18.9 Å². The lowest BCUT2D eigenvalue weighted by molar-refractivity contribution is -0.384. The Morgan fingerprint density at radius 2 is 1.62 bits per heavy atom. The predicted molar refractivity (Wildman–Crippen MR) is 143 cm³/mol. The number of nitro benzene ring substituents is 1. The Hall–Kier alpha value is -3.72. The third-order valence-corrected chi connectivity index (χ3v) is 6.72. The molecule has 0 heterocycles. The summed E-state index contributed by atoms with van der Waals surface area (Å²) >= 11 is 1.37. The number of non-ortho nitro benzene ring substituents is 1. The molecular formula is C28H30FN3O4S. The third kappa shape index (κ3) is 8.71. The third-order valence-electron chi connectivity index (χ3n) is 5.73. The molecule has 0 bridgehead atoms. The van der Waals surface area contributed by atoms with E-state index in [0.717, 1.165) is 23.1 Å². The van der Waals surface area contributed by atoms with Gasteiger partial charge in [0.25, 0.3) is 5.69 Å². The van der Waals surface area contributed by atoms with Crippen LogP contribution in [0.25, 0.3) is 0 Å². The van der Waals surface area contributed by atoms with Gasteiger partial charge in [0.2, 0.25) is 11.8 Å². The SMILES string of the molecule is CCCNC(=O)[C@@H](Cc1ccccc1)N(Cc1ccc(F)cc1)C(=O)CSCc1ccc([N+](=O)[O-])cc1. The summed E-state index contributed by atoms with van der Waals surface area (Å²) in [6.45, 7) is 2.62. The van der Waals surface area contributed by atoms with E-state index in [1.807, 2.05) is 37.3 Å². The van der Waals surface area contributed by atoms with E-state index in [2.05, 4.69) is 5.32 Å². The first-order valence-electron chi connectivity index (χ1n) is 12.0. The Morgan fingerprint density at radius 1 is 0.973 bits per heavy atom. The van der Waals surface area contributed by atoms with Crippen molar-refractivity contribution in [2.45, 2.75) is 38.1 Å². The van der Waals surface area contributed by atoms with Crippen LogP contribution in [-0.4, -0.2) is 40.0 Å². The molecule has 2 amide bonds. The van der Waals surface area contributed by atoms with Gasteiger partial charge < -0.3 is 10.2 Å². The number of carbonyl (C=O) groups is 2. The molecule has 0 aliphatic heterocycles. The van der Waals surface area contributed by atoms with Crippen LogP contribution in [0, 0.1) is 15.9 Å². The minimum Gasteiger partial charge on any atom is -0.354 e. The van der Waals surface area contributed by atoms with Crippen LogP contribution in [0.2, 0.25) is 0 Å². The number of nitrogens with zero attached hydrogens (tertiary/aromatic N) is 2. The molecule has 37 heavy (non-hydrogen) atoms. The van der Waals surface area contributed by atoms with E-state index < -0.39 is 11.0 Å². The molecule has 1 atom stereocenters. The first-order valence-corrected chi connectivity index (χ1v) is 13.2. The fourth-order valence-electron chi connectivity index (χ4n) is 3.76. The second-order valence-electron chi connectivity index (χ2n) is 8.56. The standard InChI is InChI=1S/C28H30FN3O4S/c1-2-16-30-28(34)26(17-21-6-4-3-5-7-21)31(18-22-8-12-24(29)13-9-22)27(33)20-37-19-23-10-14-25(15-11-23)32(35)36/h3-15,26H,2,16-20H2,1H3,(H,30,34)/t26-/m1/s1. The van der Waals surface area contributed by atoms with Gasteiger partial charge in [-0.15, -0.1) is 11.8 Å². The van der Waals surface area contributed by atoms with E-state index in [1.165, 1.54) is 36.0 Å². The van der Waals surface area contributed by atoms with Gasteiger partial charge in [-0.25, -0.2) is 4.39 Å². The fourth-order valence-corrected chi connectivity index (χ4v) is 4.63. The number of benzene rings is 3. The molecule has 1 N–H and O–H groups in total. The summed E-state index contributed by atoms with van der Waals surface area (Å²) in [4.78, 5) is 38.8. The molecule has 3 aromatic rings. The van der Waals surface area contributed by atoms with Crippen molar-refractivity contribution in [1.29, 1.82) is 0 Å². The molecule has 0 saturated heterocycles. The second kappa shape index (κ2) is 14.1. The zero-order valence-electron chi connectivity index (χ0n) is 20.6. The lowest BCUT2D eigenvalue weighted by atomic mass is 10.0. The molecule has 3 aromatic carbocycles. The molecule has 0 saturated carbocycles.